The van der Waals surface area contributed by atoms with Crippen molar-refractivity contribution in [1.82, 2.24) is 9.78 Å². The van der Waals surface area contributed by atoms with E-state index in [1.54, 1.807) is 0 Å². The van der Waals surface area contributed by atoms with Crippen LogP contribution in [0.15, 0.2) is 24.4 Å². The zero-order chi connectivity index (χ0) is 13.5. The fraction of sp³-hybridized carbons (Fsp3) is 0.100. The van der Waals surface area contributed by atoms with Gasteiger partial charge in [-0.05, 0) is 18.2 Å². The minimum absolute atomic E-state index is 0.151. The number of hydrogen-bond acceptors (Lipinski definition) is 1. The molecular weight excluding hydrogens is 311 g/mol. The second kappa shape index (κ2) is 4.64. The fourth-order valence-corrected chi connectivity index (χ4v) is 2.17. The number of alkyl halides is 3. The molecule has 0 aliphatic heterocycles. The van der Waals surface area contributed by atoms with Crippen LogP contribution in [0.25, 0.3) is 5.69 Å². The van der Waals surface area contributed by atoms with Crippen molar-refractivity contribution < 1.29 is 13.2 Å². The third kappa shape index (κ3) is 2.58. The number of aromatic nitrogens is 2. The monoisotopic (exact) mass is 314 g/mol. The van der Waals surface area contributed by atoms with E-state index in [0.29, 0.717) is 0 Å². The molecule has 0 amide bonds. The molecule has 0 spiro atoms. The van der Waals surface area contributed by atoms with Gasteiger partial charge < -0.3 is 0 Å². The van der Waals surface area contributed by atoms with Crippen molar-refractivity contribution in [1.29, 1.82) is 0 Å². The summed E-state index contributed by atoms with van der Waals surface area (Å²) in [7, 11) is 0. The lowest BCUT2D eigenvalue weighted by Gasteiger charge is -2.12. The molecule has 1 aromatic heterocycles. The molecule has 96 valence electrons. The van der Waals surface area contributed by atoms with Crippen molar-refractivity contribution in [2.75, 3.05) is 0 Å². The smallest absolute Gasteiger partial charge is 0.236 e. The molecule has 0 aliphatic carbocycles. The lowest BCUT2D eigenvalue weighted by atomic mass is 10.2. The summed E-state index contributed by atoms with van der Waals surface area (Å²) in [6.07, 6.45) is -3.06. The molecule has 1 heterocycles. The van der Waals surface area contributed by atoms with Crippen LogP contribution in [0.2, 0.25) is 15.2 Å². The summed E-state index contributed by atoms with van der Waals surface area (Å²) in [4.78, 5) is 0. The van der Waals surface area contributed by atoms with Crippen molar-refractivity contribution in [3.05, 3.63) is 45.2 Å². The Morgan fingerprint density at radius 3 is 2.00 bits per heavy atom. The molecule has 0 fully saturated rings. The van der Waals surface area contributed by atoms with Crippen molar-refractivity contribution in [3.63, 3.8) is 0 Å². The van der Waals surface area contributed by atoms with Gasteiger partial charge in [-0.1, -0.05) is 34.8 Å². The molecule has 0 saturated carbocycles. The molecule has 0 N–H and O–H groups in total. The van der Waals surface area contributed by atoms with Crippen LogP contribution in [-0.2, 0) is 6.18 Å². The van der Waals surface area contributed by atoms with Crippen molar-refractivity contribution >= 4 is 34.8 Å². The van der Waals surface area contributed by atoms with E-state index in [1.165, 1.54) is 16.9 Å². The summed E-state index contributed by atoms with van der Waals surface area (Å²) in [6, 6.07) is 3.04. The van der Waals surface area contributed by atoms with E-state index >= 15 is 0 Å². The molecule has 0 bridgehead atoms. The van der Waals surface area contributed by atoms with Gasteiger partial charge in [-0.15, -0.1) is 0 Å². The Balaban J connectivity index is 2.58. The van der Waals surface area contributed by atoms with Crippen LogP contribution in [0.5, 0.6) is 0 Å². The highest BCUT2D eigenvalue weighted by Crippen LogP contribution is 2.37. The van der Waals surface area contributed by atoms with Gasteiger partial charge in [0.05, 0.1) is 15.6 Å². The third-order valence-electron chi connectivity index (χ3n) is 2.13. The molecule has 0 radical (unpaired) electrons. The van der Waals surface area contributed by atoms with Gasteiger partial charge in [-0.25, -0.2) is 4.68 Å². The first-order valence-corrected chi connectivity index (χ1v) is 5.70. The van der Waals surface area contributed by atoms with Gasteiger partial charge in [0, 0.05) is 6.20 Å². The molecule has 0 saturated heterocycles. The molecular formula is C10H4Cl3F3N2. The third-order valence-corrected chi connectivity index (χ3v) is 2.91. The molecule has 1 aromatic carbocycles. The molecule has 8 heteroatoms. The van der Waals surface area contributed by atoms with Gasteiger partial charge in [0.2, 0.25) is 0 Å². The summed E-state index contributed by atoms with van der Waals surface area (Å²) >= 11 is 17.2. The van der Waals surface area contributed by atoms with Crippen molar-refractivity contribution in [3.8, 4) is 5.69 Å². The predicted octanol–water partition coefficient (Wildman–Crippen LogP) is 4.85. The van der Waals surface area contributed by atoms with Crippen molar-refractivity contribution in [2.45, 2.75) is 6.18 Å². The van der Waals surface area contributed by atoms with Gasteiger partial charge in [-0.3, -0.25) is 0 Å². The summed E-state index contributed by atoms with van der Waals surface area (Å²) in [5.74, 6) is 0. The predicted molar refractivity (Wildman–Crippen MR) is 63.6 cm³/mol. The Hall–Kier alpha value is -0.910. The molecule has 0 atom stereocenters. The summed E-state index contributed by atoms with van der Waals surface area (Å²) in [6.45, 7) is 0. The molecule has 18 heavy (non-hydrogen) atoms. The van der Waals surface area contributed by atoms with Crippen LogP contribution in [0.1, 0.15) is 5.56 Å². The SMILES string of the molecule is FC(F)(F)c1cc(Cl)c(-n2ccc(Cl)n2)c(Cl)c1. The van der Waals surface area contributed by atoms with Gasteiger partial charge in [-0.2, -0.15) is 18.3 Å². The van der Waals surface area contributed by atoms with Crippen LogP contribution in [0, 0.1) is 0 Å². The van der Waals surface area contributed by atoms with E-state index in [9.17, 15) is 13.2 Å². The number of benzene rings is 1. The highest BCUT2D eigenvalue weighted by molar-refractivity contribution is 6.38. The Morgan fingerprint density at radius 1 is 1.06 bits per heavy atom. The minimum atomic E-state index is -4.51. The maximum absolute atomic E-state index is 12.5. The van der Waals surface area contributed by atoms with E-state index in [2.05, 4.69) is 5.10 Å². The minimum Gasteiger partial charge on any atom is -0.236 e. The van der Waals surface area contributed by atoms with Crippen LogP contribution in [0.3, 0.4) is 0 Å². The largest absolute Gasteiger partial charge is 0.416 e. The number of rotatable bonds is 1. The standard InChI is InChI=1S/C10H4Cl3F3N2/c11-6-3-5(10(14,15)16)4-7(12)9(6)18-2-1-8(13)17-18/h1-4H. The maximum atomic E-state index is 12.5. The number of hydrogen-bond donors (Lipinski definition) is 0. The van der Waals surface area contributed by atoms with E-state index < -0.39 is 11.7 Å². The first-order valence-electron chi connectivity index (χ1n) is 4.57. The Morgan fingerprint density at radius 2 is 1.61 bits per heavy atom. The van der Waals surface area contributed by atoms with E-state index in [4.69, 9.17) is 34.8 Å². The normalized spacial score (nSPS) is 11.9. The van der Waals surface area contributed by atoms with Crippen molar-refractivity contribution in [2.24, 2.45) is 0 Å². The highest BCUT2D eigenvalue weighted by atomic mass is 35.5. The van der Waals surface area contributed by atoms with E-state index in [1.807, 2.05) is 0 Å². The fourth-order valence-electron chi connectivity index (χ4n) is 1.37. The molecule has 0 unspecified atom stereocenters. The van der Waals surface area contributed by atoms with E-state index in [0.717, 1.165) is 12.1 Å². The van der Waals surface area contributed by atoms with Gasteiger partial charge >= 0.3 is 6.18 Å². The maximum Gasteiger partial charge on any atom is 0.416 e. The molecule has 2 rings (SSSR count). The highest BCUT2D eigenvalue weighted by Gasteiger charge is 2.32. The zero-order valence-corrected chi connectivity index (χ0v) is 10.7. The van der Waals surface area contributed by atoms with E-state index in [-0.39, 0.29) is 20.9 Å². The number of nitrogens with zero attached hydrogens (tertiary/aromatic N) is 2. The average molecular weight is 316 g/mol. The van der Waals surface area contributed by atoms with Gasteiger partial charge in [0.1, 0.15) is 5.69 Å². The lowest BCUT2D eigenvalue weighted by molar-refractivity contribution is -0.137. The van der Waals surface area contributed by atoms with Crippen LogP contribution in [0.4, 0.5) is 13.2 Å². The van der Waals surface area contributed by atoms with Crippen LogP contribution in [-0.4, -0.2) is 9.78 Å². The Labute approximate surface area is 115 Å². The molecule has 0 aliphatic rings. The first kappa shape index (κ1) is 13.5. The second-order valence-electron chi connectivity index (χ2n) is 3.37. The topological polar surface area (TPSA) is 17.8 Å². The summed E-state index contributed by atoms with van der Waals surface area (Å²) < 4.78 is 38.8. The van der Waals surface area contributed by atoms with Crippen LogP contribution >= 0.6 is 34.8 Å². The zero-order valence-electron chi connectivity index (χ0n) is 8.47. The van der Waals surface area contributed by atoms with Crippen LogP contribution < -0.4 is 0 Å². The first-order chi connectivity index (χ1) is 8.29. The molecule has 2 aromatic rings. The summed E-state index contributed by atoms with van der Waals surface area (Å²) in [5.41, 5.74) is -0.766. The summed E-state index contributed by atoms with van der Waals surface area (Å²) in [5, 5.41) is 3.69. The lowest BCUT2D eigenvalue weighted by Crippen LogP contribution is -2.06. The number of halogens is 6. The molecule has 2 nitrogen and oxygen atoms in total. The average Bonchev–Trinajstić information content (AvgIpc) is 2.62. The van der Waals surface area contributed by atoms with Gasteiger partial charge in [0.25, 0.3) is 0 Å². The Kier molecular flexibility index (Phi) is 3.49. The second-order valence-corrected chi connectivity index (χ2v) is 4.57. The van der Waals surface area contributed by atoms with Gasteiger partial charge in [0.15, 0.2) is 5.15 Å². The quantitative estimate of drug-likeness (QED) is 0.735. The Bertz CT molecular complexity index is 569.